The van der Waals surface area contributed by atoms with Crippen molar-refractivity contribution in [1.82, 2.24) is 15.2 Å². The first-order chi connectivity index (χ1) is 12.1. The predicted octanol–water partition coefficient (Wildman–Crippen LogP) is 2.68. The Labute approximate surface area is 153 Å². The van der Waals surface area contributed by atoms with Gasteiger partial charge in [0.25, 0.3) is 0 Å². The van der Waals surface area contributed by atoms with E-state index in [1.165, 1.54) is 0 Å². The van der Waals surface area contributed by atoms with Crippen LogP contribution in [0.25, 0.3) is 0 Å². The zero-order chi connectivity index (χ0) is 18.1. The fraction of sp³-hybridized carbons (Fsp3) is 0.444. The summed E-state index contributed by atoms with van der Waals surface area (Å²) < 4.78 is 10.5. The molecule has 136 valence electrons. The van der Waals surface area contributed by atoms with Gasteiger partial charge in [-0.25, -0.2) is 4.98 Å². The molecule has 1 aromatic heterocycles. The van der Waals surface area contributed by atoms with Gasteiger partial charge < -0.3 is 19.7 Å². The highest BCUT2D eigenvalue weighted by atomic mass is 32.1. The number of rotatable bonds is 8. The largest absolute Gasteiger partial charge is 0.491 e. The second kappa shape index (κ2) is 10.0. The number of aryl methyl sites for hydroxylation is 1. The molecule has 0 amide bonds. The van der Waals surface area contributed by atoms with Gasteiger partial charge in [-0.05, 0) is 24.6 Å². The molecule has 1 N–H and O–H groups in total. The van der Waals surface area contributed by atoms with E-state index in [0.717, 1.165) is 34.5 Å². The monoisotopic (exact) mass is 362 g/mol. The number of hydrogen-bond acceptors (Lipinski definition) is 5. The van der Waals surface area contributed by atoms with Gasteiger partial charge in [-0.1, -0.05) is 12.1 Å². The molecule has 0 unspecified atom stereocenters. The molecule has 7 heteroatoms. The van der Waals surface area contributed by atoms with Crippen LogP contribution in [-0.2, 0) is 17.8 Å². The molecule has 0 aliphatic heterocycles. The molecule has 0 aliphatic rings. The van der Waals surface area contributed by atoms with Crippen molar-refractivity contribution in [2.24, 2.45) is 4.99 Å². The Bertz CT molecular complexity index is 670. The van der Waals surface area contributed by atoms with Gasteiger partial charge in [0.05, 0.1) is 23.9 Å². The minimum Gasteiger partial charge on any atom is -0.491 e. The van der Waals surface area contributed by atoms with Crippen LogP contribution >= 0.6 is 11.3 Å². The van der Waals surface area contributed by atoms with Crippen LogP contribution < -0.4 is 10.1 Å². The Morgan fingerprint density at radius 2 is 2.04 bits per heavy atom. The molecule has 1 heterocycles. The third kappa shape index (κ3) is 6.36. The number of nitrogens with zero attached hydrogens (tertiary/aromatic N) is 3. The molecule has 0 saturated heterocycles. The fourth-order valence-electron chi connectivity index (χ4n) is 2.31. The van der Waals surface area contributed by atoms with E-state index >= 15 is 0 Å². The SMILES string of the molecule is CN=C(NCc1ccc(OCCOC)cc1)N(C)Cc1csc(C)n1. The minimum absolute atomic E-state index is 0.557. The van der Waals surface area contributed by atoms with Gasteiger partial charge in [-0.15, -0.1) is 11.3 Å². The Balaban J connectivity index is 1.83. The summed E-state index contributed by atoms with van der Waals surface area (Å²) in [6.07, 6.45) is 0. The highest BCUT2D eigenvalue weighted by Crippen LogP contribution is 2.12. The third-order valence-corrected chi connectivity index (χ3v) is 4.39. The maximum Gasteiger partial charge on any atom is 0.194 e. The van der Waals surface area contributed by atoms with E-state index in [1.54, 1.807) is 25.5 Å². The summed E-state index contributed by atoms with van der Waals surface area (Å²) in [6.45, 7) is 4.59. The number of ether oxygens (including phenoxy) is 2. The number of thiazole rings is 1. The summed E-state index contributed by atoms with van der Waals surface area (Å²) in [5.41, 5.74) is 2.23. The Hall–Kier alpha value is -2.12. The lowest BCUT2D eigenvalue weighted by Crippen LogP contribution is -2.38. The van der Waals surface area contributed by atoms with E-state index < -0.39 is 0 Å². The first kappa shape index (κ1) is 19.2. The summed E-state index contributed by atoms with van der Waals surface area (Å²) in [5, 5.41) is 6.54. The maximum atomic E-state index is 5.57. The van der Waals surface area contributed by atoms with E-state index in [-0.39, 0.29) is 0 Å². The molecule has 0 radical (unpaired) electrons. The van der Waals surface area contributed by atoms with Crippen LogP contribution in [0, 0.1) is 6.92 Å². The summed E-state index contributed by atoms with van der Waals surface area (Å²) in [4.78, 5) is 10.9. The standard InChI is InChI=1S/C18H26N4O2S/c1-14-21-16(13-25-14)12-22(3)18(19-2)20-11-15-5-7-17(8-6-15)24-10-9-23-4/h5-8,13H,9-12H2,1-4H3,(H,19,20). The molecule has 0 spiro atoms. The van der Waals surface area contributed by atoms with Gasteiger partial charge in [0.1, 0.15) is 12.4 Å². The van der Waals surface area contributed by atoms with Crippen molar-refractivity contribution < 1.29 is 9.47 Å². The molecule has 25 heavy (non-hydrogen) atoms. The second-order valence-corrected chi connectivity index (χ2v) is 6.66. The van der Waals surface area contributed by atoms with Gasteiger partial charge >= 0.3 is 0 Å². The van der Waals surface area contributed by atoms with Crippen LogP contribution in [-0.4, -0.2) is 50.3 Å². The van der Waals surface area contributed by atoms with Crippen LogP contribution in [0.2, 0.25) is 0 Å². The normalized spacial score (nSPS) is 11.4. The minimum atomic E-state index is 0.557. The Morgan fingerprint density at radius 3 is 2.64 bits per heavy atom. The molecule has 0 bridgehead atoms. The molecule has 2 aromatic rings. The third-order valence-electron chi connectivity index (χ3n) is 3.57. The summed E-state index contributed by atoms with van der Waals surface area (Å²) in [7, 11) is 5.46. The molecule has 1 aromatic carbocycles. The molecule has 0 atom stereocenters. The number of benzene rings is 1. The zero-order valence-corrected chi connectivity index (χ0v) is 16.1. The number of hydrogen-bond donors (Lipinski definition) is 1. The van der Waals surface area contributed by atoms with E-state index in [1.807, 2.05) is 38.2 Å². The van der Waals surface area contributed by atoms with Crippen molar-refractivity contribution in [2.45, 2.75) is 20.0 Å². The van der Waals surface area contributed by atoms with Gasteiger partial charge in [-0.3, -0.25) is 4.99 Å². The van der Waals surface area contributed by atoms with E-state index in [0.29, 0.717) is 19.8 Å². The average Bonchev–Trinajstić information content (AvgIpc) is 3.02. The zero-order valence-electron chi connectivity index (χ0n) is 15.3. The maximum absolute atomic E-state index is 5.57. The van der Waals surface area contributed by atoms with Crippen molar-refractivity contribution in [3.05, 3.63) is 45.9 Å². The molecule has 0 fully saturated rings. The van der Waals surface area contributed by atoms with E-state index in [2.05, 4.69) is 25.6 Å². The van der Waals surface area contributed by atoms with Gasteiger partial charge in [0, 0.05) is 33.1 Å². The summed E-state index contributed by atoms with van der Waals surface area (Å²) >= 11 is 1.67. The van der Waals surface area contributed by atoms with Crippen molar-refractivity contribution in [3.8, 4) is 5.75 Å². The van der Waals surface area contributed by atoms with Crippen LogP contribution in [0.5, 0.6) is 5.75 Å². The fourth-order valence-corrected chi connectivity index (χ4v) is 2.91. The highest BCUT2D eigenvalue weighted by molar-refractivity contribution is 7.09. The molecule has 0 saturated carbocycles. The van der Waals surface area contributed by atoms with Gasteiger partial charge in [0.15, 0.2) is 5.96 Å². The van der Waals surface area contributed by atoms with Crippen LogP contribution in [0.1, 0.15) is 16.3 Å². The quantitative estimate of drug-likeness (QED) is 0.444. The second-order valence-electron chi connectivity index (χ2n) is 5.60. The predicted molar refractivity (Wildman–Crippen MR) is 102 cm³/mol. The highest BCUT2D eigenvalue weighted by Gasteiger charge is 2.08. The lowest BCUT2D eigenvalue weighted by atomic mass is 10.2. The molecular formula is C18H26N4O2S. The van der Waals surface area contributed by atoms with Crippen molar-refractivity contribution in [3.63, 3.8) is 0 Å². The first-order valence-electron chi connectivity index (χ1n) is 8.16. The van der Waals surface area contributed by atoms with E-state index in [9.17, 15) is 0 Å². The van der Waals surface area contributed by atoms with E-state index in [4.69, 9.17) is 9.47 Å². The average molecular weight is 362 g/mol. The molecule has 6 nitrogen and oxygen atoms in total. The smallest absolute Gasteiger partial charge is 0.194 e. The van der Waals surface area contributed by atoms with Crippen molar-refractivity contribution in [2.75, 3.05) is 34.4 Å². The summed E-state index contributed by atoms with van der Waals surface area (Å²) in [6, 6.07) is 8.03. The van der Waals surface area contributed by atoms with Crippen molar-refractivity contribution >= 4 is 17.3 Å². The van der Waals surface area contributed by atoms with Crippen LogP contribution in [0.4, 0.5) is 0 Å². The number of nitrogens with one attached hydrogen (secondary N) is 1. The number of guanidine groups is 1. The lowest BCUT2D eigenvalue weighted by molar-refractivity contribution is 0.146. The van der Waals surface area contributed by atoms with Gasteiger partial charge in [0.2, 0.25) is 0 Å². The molecular weight excluding hydrogens is 336 g/mol. The van der Waals surface area contributed by atoms with Crippen molar-refractivity contribution in [1.29, 1.82) is 0 Å². The number of aliphatic imine (C=N–C) groups is 1. The first-order valence-corrected chi connectivity index (χ1v) is 9.03. The Kier molecular flexibility index (Phi) is 7.69. The Morgan fingerprint density at radius 1 is 1.28 bits per heavy atom. The number of methoxy groups -OCH3 is 1. The van der Waals surface area contributed by atoms with Crippen LogP contribution in [0.15, 0.2) is 34.6 Å². The molecule has 2 rings (SSSR count). The number of aromatic nitrogens is 1. The van der Waals surface area contributed by atoms with Gasteiger partial charge in [-0.2, -0.15) is 0 Å². The lowest BCUT2D eigenvalue weighted by Gasteiger charge is -2.21. The summed E-state index contributed by atoms with van der Waals surface area (Å²) in [5.74, 6) is 1.69. The topological polar surface area (TPSA) is 59.0 Å². The van der Waals surface area contributed by atoms with Crippen LogP contribution in [0.3, 0.4) is 0 Å². The molecule has 0 aliphatic carbocycles.